The zero-order valence-electron chi connectivity index (χ0n) is 11.4. The Morgan fingerprint density at radius 1 is 1.25 bits per heavy atom. The predicted molar refractivity (Wildman–Crippen MR) is 66.3 cm³/mol. The molecule has 0 aromatic carbocycles. The van der Waals surface area contributed by atoms with Gasteiger partial charge >= 0.3 is 0 Å². The fourth-order valence-corrected chi connectivity index (χ4v) is 3.62. The van der Waals surface area contributed by atoms with Crippen LogP contribution in [0, 0.1) is 17.3 Å². The molecule has 0 amide bonds. The molecule has 0 radical (unpaired) electrons. The molecule has 0 bridgehead atoms. The van der Waals surface area contributed by atoms with Crippen LogP contribution in [0.25, 0.3) is 0 Å². The van der Waals surface area contributed by atoms with Gasteiger partial charge in [0.1, 0.15) is 0 Å². The van der Waals surface area contributed by atoms with E-state index in [0.29, 0.717) is 23.3 Å². The largest absolute Gasteiger partial charge is 0.298 e. The number of ketones is 1. The van der Waals surface area contributed by atoms with Crippen LogP contribution in [-0.4, -0.2) is 28.8 Å². The summed E-state index contributed by atoms with van der Waals surface area (Å²) in [5, 5.41) is 0. The van der Waals surface area contributed by atoms with Gasteiger partial charge in [0.25, 0.3) is 0 Å². The van der Waals surface area contributed by atoms with E-state index in [1.807, 2.05) is 13.8 Å². The summed E-state index contributed by atoms with van der Waals surface area (Å²) >= 11 is 0. The number of Topliss-reactive ketones (excluding diaryl/α,β-unsaturated/α-hetero) is 1. The lowest BCUT2D eigenvalue weighted by molar-refractivity contribution is -0.128. The zero-order chi connectivity index (χ0) is 12.2. The Labute approximate surface area is 99.4 Å². The van der Waals surface area contributed by atoms with E-state index in [1.165, 1.54) is 0 Å². The Bertz CT molecular complexity index is 306. The predicted octanol–water partition coefficient (Wildman–Crippen LogP) is 2.72. The first-order valence-corrected chi connectivity index (χ1v) is 6.59. The van der Waals surface area contributed by atoms with Gasteiger partial charge in [-0.05, 0) is 31.6 Å². The van der Waals surface area contributed by atoms with Crippen LogP contribution in [0.2, 0.25) is 0 Å². The van der Waals surface area contributed by atoms with Gasteiger partial charge in [-0.2, -0.15) is 0 Å². The highest BCUT2D eigenvalue weighted by Gasteiger charge is 2.67. The number of nitrogens with zero attached hydrogens (tertiary/aromatic N) is 1. The summed E-state index contributed by atoms with van der Waals surface area (Å²) in [7, 11) is 0. The van der Waals surface area contributed by atoms with Gasteiger partial charge in [0, 0.05) is 18.0 Å². The summed E-state index contributed by atoms with van der Waals surface area (Å²) in [5.74, 6) is 1.37. The van der Waals surface area contributed by atoms with Gasteiger partial charge in [0.2, 0.25) is 0 Å². The van der Waals surface area contributed by atoms with Gasteiger partial charge in [0.15, 0.2) is 5.78 Å². The van der Waals surface area contributed by atoms with Gasteiger partial charge in [0.05, 0.1) is 6.04 Å². The van der Waals surface area contributed by atoms with Crippen molar-refractivity contribution in [2.45, 2.75) is 66.1 Å². The zero-order valence-corrected chi connectivity index (χ0v) is 11.4. The smallest absolute Gasteiger partial charge is 0.152 e. The van der Waals surface area contributed by atoms with Gasteiger partial charge in [-0.25, -0.2) is 0 Å². The number of hydrogen-bond acceptors (Lipinski definition) is 2. The quantitative estimate of drug-likeness (QED) is 0.733. The van der Waals surface area contributed by atoms with Crippen LogP contribution in [0.15, 0.2) is 0 Å². The van der Waals surface area contributed by atoms with E-state index in [2.05, 4.69) is 32.6 Å². The van der Waals surface area contributed by atoms with Crippen LogP contribution in [-0.2, 0) is 4.79 Å². The van der Waals surface area contributed by atoms with Crippen molar-refractivity contribution in [1.29, 1.82) is 0 Å². The topological polar surface area (TPSA) is 20.3 Å². The number of piperidine rings is 1. The SMILES string of the molecule is CC(C)C(=O)[C@@H]1C[C@@H]2[C@H](N1C(C)C)C2(C)C. The molecule has 1 heterocycles. The lowest BCUT2D eigenvalue weighted by Crippen LogP contribution is -2.46. The third-order valence-electron chi connectivity index (χ3n) is 4.64. The van der Waals surface area contributed by atoms with Crippen LogP contribution in [0.5, 0.6) is 0 Å². The number of carbonyl (C=O) groups excluding carboxylic acids is 1. The first kappa shape index (κ1) is 12.1. The Balaban J connectivity index is 2.16. The molecule has 1 saturated carbocycles. The van der Waals surface area contributed by atoms with Crippen molar-refractivity contribution in [3.8, 4) is 0 Å². The second kappa shape index (κ2) is 3.56. The van der Waals surface area contributed by atoms with Crippen LogP contribution in [0.1, 0.15) is 48.0 Å². The minimum absolute atomic E-state index is 0.173. The normalized spacial score (nSPS) is 36.9. The molecule has 2 heteroatoms. The Kier molecular flexibility index (Phi) is 2.69. The van der Waals surface area contributed by atoms with Crippen molar-refractivity contribution in [1.82, 2.24) is 4.90 Å². The van der Waals surface area contributed by atoms with E-state index in [-0.39, 0.29) is 12.0 Å². The highest BCUT2D eigenvalue weighted by atomic mass is 16.1. The molecule has 1 aliphatic carbocycles. The van der Waals surface area contributed by atoms with Crippen molar-refractivity contribution in [3.05, 3.63) is 0 Å². The maximum Gasteiger partial charge on any atom is 0.152 e. The molecule has 1 saturated heterocycles. The minimum atomic E-state index is 0.173. The van der Waals surface area contributed by atoms with E-state index in [0.717, 1.165) is 12.3 Å². The molecule has 3 atom stereocenters. The molecule has 2 fully saturated rings. The maximum absolute atomic E-state index is 12.2. The van der Waals surface area contributed by atoms with Gasteiger partial charge in [-0.15, -0.1) is 0 Å². The minimum Gasteiger partial charge on any atom is -0.298 e. The Morgan fingerprint density at radius 2 is 1.81 bits per heavy atom. The molecule has 92 valence electrons. The lowest BCUT2D eigenvalue weighted by atomic mass is 9.93. The van der Waals surface area contributed by atoms with E-state index in [9.17, 15) is 4.79 Å². The number of likely N-dealkylation sites (tertiary alicyclic amines) is 1. The van der Waals surface area contributed by atoms with E-state index in [1.54, 1.807) is 0 Å². The average Bonchev–Trinajstić information content (AvgIpc) is 2.61. The third-order valence-corrected chi connectivity index (χ3v) is 4.64. The molecular weight excluding hydrogens is 198 g/mol. The van der Waals surface area contributed by atoms with Crippen LogP contribution in [0.4, 0.5) is 0 Å². The summed E-state index contributed by atoms with van der Waals surface area (Å²) in [5.41, 5.74) is 0.442. The molecular formula is C14H25NO. The second-order valence-electron chi connectivity index (χ2n) is 6.72. The fourth-order valence-electron chi connectivity index (χ4n) is 3.62. The Morgan fingerprint density at radius 3 is 2.25 bits per heavy atom. The van der Waals surface area contributed by atoms with Crippen molar-refractivity contribution >= 4 is 5.78 Å². The molecule has 0 unspecified atom stereocenters. The van der Waals surface area contributed by atoms with E-state index >= 15 is 0 Å². The molecule has 2 nitrogen and oxygen atoms in total. The van der Waals surface area contributed by atoms with Gasteiger partial charge in [-0.3, -0.25) is 9.69 Å². The third kappa shape index (κ3) is 1.54. The summed E-state index contributed by atoms with van der Waals surface area (Å²) in [6.45, 7) is 13.2. The molecule has 0 aromatic heterocycles. The number of hydrogen-bond donors (Lipinski definition) is 0. The number of carbonyl (C=O) groups is 1. The number of fused-ring (bicyclic) bond motifs is 1. The van der Waals surface area contributed by atoms with E-state index in [4.69, 9.17) is 0 Å². The first-order chi connectivity index (χ1) is 7.28. The average molecular weight is 223 g/mol. The molecule has 0 N–H and O–H groups in total. The summed E-state index contributed by atoms with van der Waals surface area (Å²) in [4.78, 5) is 14.7. The van der Waals surface area contributed by atoms with Crippen LogP contribution in [0.3, 0.4) is 0 Å². The summed E-state index contributed by atoms with van der Waals surface area (Å²) < 4.78 is 0. The highest BCUT2D eigenvalue weighted by Crippen LogP contribution is 2.63. The molecule has 1 aliphatic heterocycles. The molecule has 2 rings (SSSR count). The fraction of sp³-hybridized carbons (Fsp3) is 0.929. The summed E-state index contributed by atoms with van der Waals surface area (Å²) in [6.07, 6.45) is 1.09. The standard InChI is InChI=1S/C14H25NO/c1-8(2)12(16)11-7-10-13(14(10,5)6)15(11)9(3)4/h8-11,13H,7H2,1-6H3/t10-,11+,13+/m1/s1. The van der Waals surface area contributed by atoms with Crippen LogP contribution >= 0.6 is 0 Å². The van der Waals surface area contributed by atoms with Gasteiger partial charge < -0.3 is 0 Å². The lowest BCUT2D eigenvalue weighted by Gasteiger charge is -2.34. The second-order valence-corrected chi connectivity index (χ2v) is 6.72. The monoisotopic (exact) mass is 223 g/mol. The van der Waals surface area contributed by atoms with E-state index < -0.39 is 0 Å². The highest BCUT2D eigenvalue weighted by molar-refractivity contribution is 5.86. The van der Waals surface area contributed by atoms with Crippen molar-refractivity contribution in [2.75, 3.05) is 0 Å². The Hall–Kier alpha value is -0.370. The molecule has 0 spiro atoms. The van der Waals surface area contributed by atoms with Crippen LogP contribution < -0.4 is 0 Å². The first-order valence-electron chi connectivity index (χ1n) is 6.59. The molecule has 16 heavy (non-hydrogen) atoms. The molecule has 0 aromatic rings. The van der Waals surface area contributed by atoms with Crippen molar-refractivity contribution < 1.29 is 4.79 Å². The maximum atomic E-state index is 12.2. The molecule has 2 aliphatic rings. The van der Waals surface area contributed by atoms with Crippen molar-refractivity contribution in [3.63, 3.8) is 0 Å². The number of rotatable bonds is 3. The summed E-state index contributed by atoms with van der Waals surface area (Å²) in [6, 6.07) is 1.34. The van der Waals surface area contributed by atoms with Crippen molar-refractivity contribution in [2.24, 2.45) is 17.3 Å². The van der Waals surface area contributed by atoms with Gasteiger partial charge in [-0.1, -0.05) is 27.7 Å².